The second kappa shape index (κ2) is 4.53. The van der Waals surface area contributed by atoms with Crippen molar-refractivity contribution < 1.29 is 4.79 Å². The zero-order chi connectivity index (χ0) is 12.4. The predicted molar refractivity (Wildman–Crippen MR) is 72.6 cm³/mol. The summed E-state index contributed by atoms with van der Waals surface area (Å²) < 4.78 is 0. The van der Waals surface area contributed by atoms with Crippen LogP contribution in [0, 0.1) is 0 Å². The summed E-state index contributed by atoms with van der Waals surface area (Å²) >= 11 is 0. The van der Waals surface area contributed by atoms with Gasteiger partial charge < -0.3 is 5.32 Å². The minimum atomic E-state index is -0.0154. The summed E-state index contributed by atoms with van der Waals surface area (Å²) in [6.07, 6.45) is 0. The second-order valence-electron chi connectivity index (χ2n) is 4.27. The first-order valence-electron chi connectivity index (χ1n) is 6.06. The average Bonchev–Trinajstić information content (AvgIpc) is 2.86. The highest BCUT2D eigenvalue weighted by atomic mass is 16.2. The van der Waals surface area contributed by atoms with Crippen molar-refractivity contribution in [3.63, 3.8) is 0 Å². The van der Waals surface area contributed by atoms with Crippen LogP contribution in [-0.2, 0) is 0 Å². The van der Waals surface area contributed by atoms with Gasteiger partial charge in [-0.2, -0.15) is 0 Å². The molecule has 2 aromatic carbocycles. The highest BCUT2D eigenvalue weighted by Gasteiger charge is 2.23. The first-order valence-corrected chi connectivity index (χ1v) is 6.06. The van der Waals surface area contributed by atoms with Crippen molar-refractivity contribution in [1.29, 1.82) is 0 Å². The van der Waals surface area contributed by atoms with E-state index in [0.717, 1.165) is 23.4 Å². The molecule has 1 aliphatic heterocycles. The maximum atomic E-state index is 11.8. The summed E-state index contributed by atoms with van der Waals surface area (Å²) in [6, 6.07) is 18.1. The monoisotopic (exact) mass is 238 g/mol. The third-order valence-corrected chi connectivity index (χ3v) is 3.14. The maximum Gasteiger partial charge on any atom is 0.322 e. The molecule has 1 fully saturated rings. The van der Waals surface area contributed by atoms with Gasteiger partial charge in [-0.15, -0.1) is 0 Å². The largest absolute Gasteiger partial charge is 0.336 e. The highest BCUT2D eigenvalue weighted by Crippen LogP contribution is 2.31. The third kappa shape index (κ3) is 1.84. The lowest BCUT2D eigenvalue weighted by Gasteiger charge is -2.18. The summed E-state index contributed by atoms with van der Waals surface area (Å²) in [7, 11) is 0. The van der Waals surface area contributed by atoms with E-state index in [1.165, 1.54) is 0 Å². The highest BCUT2D eigenvalue weighted by molar-refractivity contribution is 5.98. The maximum absolute atomic E-state index is 11.8. The zero-order valence-corrected chi connectivity index (χ0v) is 9.97. The van der Waals surface area contributed by atoms with Crippen LogP contribution in [0.3, 0.4) is 0 Å². The van der Waals surface area contributed by atoms with Gasteiger partial charge in [0.05, 0.1) is 5.69 Å². The van der Waals surface area contributed by atoms with Gasteiger partial charge >= 0.3 is 6.03 Å². The molecule has 0 atom stereocenters. The normalized spacial score (nSPS) is 14.7. The number of nitrogens with zero attached hydrogens (tertiary/aromatic N) is 1. The van der Waals surface area contributed by atoms with Crippen LogP contribution >= 0.6 is 0 Å². The number of amides is 2. The van der Waals surface area contributed by atoms with Gasteiger partial charge in [0.15, 0.2) is 0 Å². The van der Waals surface area contributed by atoms with Crippen molar-refractivity contribution >= 4 is 11.7 Å². The minimum Gasteiger partial charge on any atom is -0.336 e. The fourth-order valence-electron chi connectivity index (χ4n) is 2.27. The number of para-hydroxylation sites is 1. The molecule has 1 saturated heterocycles. The zero-order valence-electron chi connectivity index (χ0n) is 9.97. The van der Waals surface area contributed by atoms with E-state index >= 15 is 0 Å². The van der Waals surface area contributed by atoms with Crippen molar-refractivity contribution in [2.75, 3.05) is 18.0 Å². The third-order valence-electron chi connectivity index (χ3n) is 3.14. The molecular weight excluding hydrogens is 224 g/mol. The van der Waals surface area contributed by atoms with Crippen molar-refractivity contribution in [3.8, 4) is 11.1 Å². The Hall–Kier alpha value is -2.29. The minimum absolute atomic E-state index is 0.0154. The fraction of sp³-hybridized carbons (Fsp3) is 0.133. The van der Waals surface area contributed by atoms with E-state index in [9.17, 15) is 4.79 Å². The van der Waals surface area contributed by atoms with E-state index in [2.05, 4.69) is 23.5 Å². The number of nitrogens with one attached hydrogen (secondary N) is 1. The standard InChI is InChI=1S/C15H14N2O/c18-15-16-10-11-17(15)14-9-5-4-8-13(14)12-6-2-1-3-7-12/h1-9H,10-11H2,(H,16,18). The molecule has 18 heavy (non-hydrogen) atoms. The average molecular weight is 238 g/mol. The Bertz CT molecular complexity index is 566. The fourth-order valence-corrected chi connectivity index (χ4v) is 2.27. The molecule has 0 unspecified atom stereocenters. The van der Waals surface area contributed by atoms with Gasteiger partial charge in [0.2, 0.25) is 0 Å². The molecule has 0 spiro atoms. The van der Waals surface area contributed by atoms with Crippen LogP contribution in [0.2, 0.25) is 0 Å². The summed E-state index contributed by atoms with van der Waals surface area (Å²) in [5, 5.41) is 2.83. The Kier molecular flexibility index (Phi) is 2.73. The van der Waals surface area contributed by atoms with E-state index in [0.29, 0.717) is 6.54 Å². The topological polar surface area (TPSA) is 32.3 Å². The van der Waals surface area contributed by atoms with Crippen molar-refractivity contribution in [1.82, 2.24) is 5.32 Å². The van der Waals surface area contributed by atoms with Crippen molar-refractivity contribution in [2.24, 2.45) is 0 Å². The van der Waals surface area contributed by atoms with Gasteiger partial charge in [0.25, 0.3) is 0 Å². The number of rotatable bonds is 2. The van der Waals surface area contributed by atoms with Crippen LogP contribution in [0.5, 0.6) is 0 Å². The first-order chi connectivity index (χ1) is 8.86. The Balaban J connectivity index is 2.08. The Morgan fingerprint density at radius 2 is 1.67 bits per heavy atom. The Morgan fingerprint density at radius 1 is 0.944 bits per heavy atom. The SMILES string of the molecule is O=C1NCCN1c1ccccc1-c1ccccc1. The molecule has 90 valence electrons. The van der Waals surface area contributed by atoms with Crippen LogP contribution in [0.25, 0.3) is 11.1 Å². The number of benzene rings is 2. The molecule has 1 heterocycles. The van der Waals surface area contributed by atoms with E-state index in [1.54, 1.807) is 4.90 Å². The predicted octanol–water partition coefficient (Wildman–Crippen LogP) is 2.88. The molecule has 0 saturated carbocycles. The van der Waals surface area contributed by atoms with Gasteiger partial charge in [-0.1, -0.05) is 48.5 Å². The van der Waals surface area contributed by atoms with Gasteiger partial charge in [-0.25, -0.2) is 4.79 Å². The lowest BCUT2D eigenvalue weighted by Crippen LogP contribution is -2.28. The van der Waals surface area contributed by atoms with Crippen molar-refractivity contribution in [3.05, 3.63) is 54.6 Å². The Labute approximate surface area is 106 Å². The summed E-state index contributed by atoms with van der Waals surface area (Å²) in [4.78, 5) is 13.6. The van der Waals surface area contributed by atoms with E-state index in [4.69, 9.17) is 0 Å². The molecule has 1 N–H and O–H groups in total. The number of carbonyl (C=O) groups is 1. The molecule has 0 radical (unpaired) electrons. The van der Waals surface area contributed by atoms with E-state index in [-0.39, 0.29) is 6.03 Å². The molecule has 3 rings (SSSR count). The Morgan fingerprint density at radius 3 is 2.39 bits per heavy atom. The van der Waals surface area contributed by atoms with Crippen LogP contribution in [-0.4, -0.2) is 19.1 Å². The van der Waals surface area contributed by atoms with Crippen LogP contribution in [0.15, 0.2) is 54.6 Å². The van der Waals surface area contributed by atoms with Crippen LogP contribution < -0.4 is 10.2 Å². The lowest BCUT2D eigenvalue weighted by atomic mass is 10.0. The van der Waals surface area contributed by atoms with E-state index in [1.807, 2.05) is 36.4 Å². The molecular formula is C15H14N2O. The quantitative estimate of drug-likeness (QED) is 0.857. The molecule has 0 aromatic heterocycles. The van der Waals surface area contributed by atoms with Crippen LogP contribution in [0.1, 0.15) is 0 Å². The number of hydrogen-bond acceptors (Lipinski definition) is 1. The molecule has 0 bridgehead atoms. The van der Waals surface area contributed by atoms with Crippen molar-refractivity contribution in [2.45, 2.75) is 0 Å². The molecule has 2 amide bonds. The molecule has 2 aromatic rings. The number of hydrogen-bond donors (Lipinski definition) is 1. The number of anilines is 1. The molecule has 1 aliphatic rings. The van der Waals surface area contributed by atoms with Gasteiger partial charge in [0, 0.05) is 18.7 Å². The van der Waals surface area contributed by atoms with Gasteiger partial charge in [-0.3, -0.25) is 4.90 Å². The second-order valence-corrected chi connectivity index (χ2v) is 4.27. The number of carbonyl (C=O) groups excluding carboxylic acids is 1. The van der Waals surface area contributed by atoms with Gasteiger partial charge in [-0.05, 0) is 11.6 Å². The van der Waals surface area contributed by atoms with Gasteiger partial charge in [0.1, 0.15) is 0 Å². The summed E-state index contributed by atoms with van der Waals surface area (Å²) in [5.41, 5.74) is 3.20. The summed E-state index contributed by atoms with van der Waals surface area (Å²) in [6.45, 7) is 1.44. The molecule has 3 nitrogen and oxygen atoms in total. The van der Waals surface area contributed by atoms with Crippen LogP contribution in [0.4, 0.5) is 10.5 Å². The molecule has 0 aliphatic carbocycles. The number of urea groups is 1. The first kappa shape index (κ1) is 10.8. The van der Waals surface area contributed by atoms with E-state index < -0.39 is 0 Å². The lowest BCUT2D eigenvalue weighted by molar-refractivity contribution is 0.252. The summed E-state index contributed by atoms with van der Waals surface area (Å²) in [5.74, 6) is 0. The smallest absolute Gasteiger partial charge is 0.322 e. The molecule has 3 heteroatoms.